The summed E-state index contributed by atoms with van der Waals surface area (Å²) in [7, 11) is 0. The van der Waals surface area contributed by atoms with Crippen LogP contribution in [0.3, 0.4) is 0 Å². The van der Waals surface area contributed by atoms with Crippen LogP contribution in [0.2, 0.25) is 0 Å². The van der Waals surface area contributed by atoms with Gasteiger partial charge in [-0.25, -0.2) is 4.79 Å². The van der Waals surface area contributed by atoms with Gasteiger partial charge >= 0.3 is 6.16 Å². The second-order valence-electron chi connectivity index (χ2n) is 5.94. The number of hydrogen-bond donors (Lipinski definition) is 0. The van der Waals surface area contributed by atoms with Gasteiger partial charge in [-0.3, -0.25) is 0 Å². The molecule has 4 nitrogen and oxygen atoms in total. The smallest absolute Gasteiger partial charge is 0.397 e. The van der Waals surface area contributed by atoms with E-state index in [1.54, 1.807) is 24.3 Å². The van der Waals surface area contributed by atoms with Crippen molar-refractivity contribution in [2.45, 2.75) is 33.0 Å². The zero-order valence-electron chi connectivity index (χ0n) is 14.4. The normalized spacial score (nSPS) is 13.3. The summed E-state index contributed by atoms with van der Waals surface area (Å²) in [6.07, 6.45) is -0.302. The van der Waals surface area contributed by atoms with Gasteiger partial charge in [0.15, 0.2) is 0 Å². The molecule has 0 amide bonds. The molecule has 0 radical (unpaired) electrons. The number of ether oxygens (including phenoxy) is 3. The van der Waals surface area contributed by atoms with Crippen molar-refractivity contribution in [3.63, 3.8) is 0 Å². The van der Waals surface area contributed by atoms with E-state index in [-0.39, 0.29) is 0 Å². The number of carbonyl (C=O) groups excluding carboxylic acids is 1. The number of para-hydroxylation sites is 1. The molecule has 0 aliphatic carbocycles. The highest BCUT2D eigenvalue weighted by Gasteiger charge is 2.37. The standard InChI is InChI=1S/C20H24O4/c1-4-20(22-15-16(2)3,17-11-7-5-8-12-17)24-19(21)23-18-13-9-6-10-14-18/h5-14,16H,4,15H2,1-3H3. The van der Waals surface area contributed by atoms with Crippen LogP contribution in [0.4, 0.5) is 4.79 Å². The van der Waals surface area contributed by atoms with Gasteiger partial charge in [0.2, 0.25) is 5.79 Å². The van der Waals surface area contributed by atoms with Crippen molar-refractivity contribution >= 4 is 6.16 Å². The van der Waals surface area contributed by atoms with E-state index in [4.69, 9.17) is 14.2 Å². The van der Waals surface area contributed by atoms with E-state index in [0.717, 1.165) is 5.56 Å². The fraction of sp³-hybridized carbons (Fsp3) is 0.350. The van der Waals surface area contributed by atoms with Crippen LogP contribution < -0.4 is 4.74 Å². The van der Waals surface area contributed by atoms with Gasteiger partial charge in [-0.15, -0.1) is 0 Å². The topological polar surface area (TPSA) is 44.8 Å². The Hall–Kier alpha value is -2.33. The third-order valence-electron chi connectivity index (χ3n) is 3.52. The minimum Gasteiger partial charge on any atom is -0.397 e. The summed E-state index contributed by atoms with van der Waals surface area (Å²) >= 11 is 0. The Morgan fingerprint density at radius 1 is 1.00 bits per heavy atom. The van der Waals surface area contributed by atoms with E-state index in [9.17, 15) is 4.79 Å². The molecule has 24 heavy (non-hydrogen) atoms. The van der Waals surface area contributed by atoms with E-state index in [1.807, 2.05) is 57.2 Å². The maximum Gasteiger partial charge on any atom is 0.516 e. The van der Waals surface area contributed by atoms with Crippen LogP contribution in [0.25, 0.3) is 0 Å². The Balaban J connectivity index is 2.20. The van der Waals surface area contributed by atoms with Gasteiger partial charge in [0, 0.05) is 12.0 Å². The molecular weight excluding hydrogens is 304 g/mol. The highest BCUT2D eigenvalue weighted by molar-refractivity contribution is 5.64. The third kappa shape index (κ3) is 4.83. The highest BCUT2D eigenvalue weighted by atomic mass is 16.8. The molecule has 1 atom stereocenters. The van der Waals surface area contributed by atoms with Crippen molar-refractivity contribution in [2.24, 2.45) is 5.92 Å². The second-order valence-corrected chi connectivity index (χ2v) is 5.94. The Bertz CT molecular complexity index is 625. The van der Waals surface area contributed by atoms with Crippen molar-refractivity contribution in [2.75, 3.05) is 6.61 Å². The first-order valence-corrected chi connectivity index (χ1v) is 8.21. The maximum atomic E-state index is 12.3. The average Bonchev–Trinajstić information content (AvgIpc) is 2.60. The Morgan fingerprint density at radius 3 is 2.12 bits per heavy atom. The maximum absolute atomic E-state index is 12.3. The molecule has 4 heteroatoms. The van der Waals surface area contributed by atoms with Crippen LogP contribution in [-0.2, 0) is 15.3 Å². The summed E-state index contributed by atoms with van der Waals surface area (Å²) in [6.45, 7) is 6.49. The van der Waals surface area contributed by atoms with E-state index >= 15 is 0 Å². The molecule has 0 spiro atoms. The van der Waals surface area contributed by atoms with Gasteiger partial charge in [0.1, 0.15) is 5.75 Å². The van der Waals surface area contributed by atoms with Crippen LogP contribution >= 0.6 is 0 Å². The van der Waals surface area contributed by atoms with Gasteiger partial charge in [-0.05, 0) is 18.1 Å². The first-order valence-electron chi connectivity index (χ1n) is 8.21. The second kappa shape index (κ2) is 8.50. The SMILES string of the molecule is CCC(OCC(C)C)(OC(=O)Oc1ccccc1)c1ccccc1. The quantitative estimate of drug-likeness (QED) is 0.401. The summed E-state index contributed by atoms with van der Waals surface area (Å²) in [5.41, 5.74) is 0.790. The number of benzene rings is 2. The summed E-state index contributed by atoms with van der Waals surface area (Å²) in [5.74, 6) is -0.407. The van der Waals surface area contributed by atoms with Crippen LogP contribution in [0.15, 0.2) is 60.7 Å². The summed E-state index contributed by atoms with van der Waals surface area (Å²) in [4.78, 5) is 12.3. The van der Waals surface area contributed by atoms with Gasteiger partial charge in [0.25, 0.3) is 0 Å². The van der Waals surface area contributed by atoms with E-state index in [0.29, 0.717) is 24.7 Å². The monoisotopic (exact) mass is 328 g/mol. The molecule has 0 fully saturated rings. The van der Waals surface area contributed by atoms with Crippen LogP contribution in [-0.4, -0.2) is 12.8 Å². The lowest BCUT2D eigenvalue weighted by Gasteiger charge is -2.33. The Morgan fingerprint density at radius 2 is 1.58 bits per heavy atom. The molecule has 0 saturated heterocycles. The number of carbonyl (C=O) groups is 1. The molecular formula is C20H24O4. The van der Waals surface area contributed by atoms with Gasteiger partial charge in [-0.2, -0.15) is 0 Å². The van der Waals surface area contributed by atoms with Gasteiger partial charge in [-0.1, -0.05) is 69.3 Å². The van der Waals surface area contributed by atoms with Crippen molar-refractivity contribution in [3.05, 3.63) is 66.2 Å². The molecule has 0 aliphatic rings. The third-order valence-corrected chi connectivity index (χ3v) is 3.52. The van der Waals surface area contributed by atoms with Gasteiger partial charge < -0.3 is 14.2 Å². The molecule has 2 aromatic rings. The summed E-state index contributed by atoms with van der Waals surface area (Å²) in [6, 6.07) is 18.3. The van der Waals surface area contributed by atoms with Crippen molar-refractivity contribution in [1.82, 2.24) is 0 Å². The number of hydrogen-bond acceptors (Lipinski definition) is 4. The molecule has 0 N–H and O–H groups in total. The van der Waals surface area contributed by atoms with Gasteiger partial charge in [0.05, 0.1) is 6.61 Å². The van der Waals surface area contributed by atoms with Crippen molar-refractivity contribution in [3.8, 4) is 5.75 Å². The predicted molar refractivity (Wildman–Crippen MR) is 92.8 cm³/mol. The lowest BCUT2D eigenvalue weighted by Crippen LogP contribution is -2.37. The average molecular weight is 328 g/mol. The molecule has 1 unspecified atom stereocenters. The molecule has 0 saturated carbocycles. The van der Waals surface area contributed by atoms with Crippen LogP contribution in [0.5, 0.6) is 5.75 Å². The largest absolute Gasteiger partial charge is 0.516 e. The van der Waals surface area contributed by atoms with Crippen molar-refractivity contribution in [1.29, 1.82) is 0 Å². The first kappa shape index (κ1) is 18.0. The summed E-state index contributed by atoms with van der Waals surface area (Å²) in [5, 5.41) is 0. The summed E-state index contributed by atoms with van der Waals surface area (Å²) < 4.78 is 16.9. The molecule has 0 aliphatic heterocycles. The van der Waals surface area contributed by atoms with E-state index < -0.39 is 11.9 Å². The molecule has 0 heterocycles. The molecule has 0 bridgehead atoms. The van der Waals surface area contributed by atoms with E-state index in [2.05, 4.69) is 0 Å². The Kier molecular flexibility index (Phi) is 6.38. The number of rotatable bonds is 7. The van der Waals surface area contributed by atoms with E-state index in [1.165, 1.54) is 0 Å². The lowest BCUT2D eigenvalue weighted by molar-refractivity contribution is -0.224. The fourth-order valence-electron chi connectivity index (χ4n) is 2.28. The molecule has 0 aromatic heterocycles. The van der Waals surface area contributed by atoms with Crippen LogP contribution in [0.1, 0.15) is 32.8 Å². The molecule has 128 valence electrons. The zero-order valence-corrected chi connectivity index (χ0v) is 14.4. The lowest BCUT2D eigenvalue weighted by atomic mass is 10.0. The highest BCUT2D eigenvalue weighted by Crippen LogP contribution is 2.32. The molecule has 2 aromatic carbocycles. The molecule has 2 rings (SSSR count). The minimum atomic E-state index is -1.16. The van der Waals surface area contributed by atoms with Crippen LogP contribution in [0, 0.1) is 5.92 Å². The first-order chi connectivity index (χ1) is 11.6. The zero-order chi connectivity index (χ0) is 17.4. The predicted octanol–water partition coefficient (Wildman–Crippen LogP) is 5.14. The minimum absolute atomic E-state index is 0.313. The Labute approximate surface area is 143 Å². The fourth-order valence-corrected chi connectivity index (χ4v) is 2.28. The van der Waals surface area contributed by atoms with Crippen molar-refractivity contribution < 1.29 is 19.0 Å².